The molecule has 0 radical (unpaired) electrons. The molecule has 0 aromatic heterocycles. The Bertz CT molecular complexity index is 188. The molecular weight excluding hydrogens is 190 g/mol. The van der Waals surface area contributed by atoms with Crippen LogP contribution >= 0.6 is 0 Å². The first-order valence-corrected chi connectivity index (χ1v) is 6.05. The quantitative estimate of drug-likeness (QED) is 0.760. The van der Waals surface area contributed by atoms with Crippen LogP contribution in [0, 0.1) is 0 Å². The molecule has 0 bridgehead atoms. The van der Waals surface area contributed by atoms with Crippen molar-refractivity contribution in [2.75, 3.05) is 26.8 Å². The average Bonchev–Trinajstić information content (AvgIpc) is 2.29. The fraction of sp³-hybridized carbons (Fsp3) is 1.00. The maximum absolute atomic E-state index is 6.36. The summed E-state index contributed by atoms with van der Waals surface area (Å²) >= 11 is 0. The molecule has 1 N–H and O–H groups in total. The Morgan fingerprint density at radius 3 is 2.07 bits per heavy atom. The van der Waals surface area contributed by atoms with Crippen LogP contribution in [0.25, 0.3) is 0 Å². The number of ether oxygens (including phenoxy) is 2. The van der Waals surface area contributed by atoms with Crippen molar-refractivity contribution in [3.8, 4) is 0 Å². The van der Waals surface area contributed by atoms with Crippen LogP contribution in [-0.2, 0) is 9.47 Å². The van der Waals surface area contributed by atoms with E-state index in [0.29, 0.717) is 6.61 Å². The monoisotopic (exact) mass is 215 g/mol. The lowest BCUT2D eigenvalue weighted by Crippen LogP contribution is -2.61. The molecule has 1 aliphatic rings. The van der Waals surface area contributed by atoms with Gasteiger partial charge in [0.15, 0.2) is 0 Å². The summed E-state index contributed by atoms with van der Waals surface area (Å²) in [5.74, 6) is 0. The van der Waals surface area contributed by atoms with E-state index < -0.39 is 0 Å². The second-order valence-corrected chi connectivity index (χ2v) is 4.57. The lowest BCUT2D eigenvalue weighted by Gasteiger charge is -2.48. The number of methoxy groups -OCH3 is 1. The van der Waals surface area contributed by atoms with Gasteiger partial charge in [-0.15, -0.1) is 0 Å². The van der Waals surface area contributed by atoms with Gasteiger partial charge in [-0.2, -0.15) is 0 Å². The molecule has 1 heterocycles. The smallest absolute Gasteiger partial charge is 0.104 e. The minimum atomic E-state index is -0.126. The van der Waals surface area contributed by atoms with Gasteiger partial charge in [0.25, 0.3) is 0 Å². The van der Waals surface area contributed by atoms with Crippen LogP contribution in [-0.4, -0.2) is 38.0 Å². The highest BCUT2D eigenvalue weighted by molar-refractivity contribution is 4.95. The highest BCUT2D eigenvalue weighted by atomic mass is 16.6. The van der Waals surface area contributed by atoms with E-state index in [1.54, 1.807) is 7.11 Å². The van der Waals surface area contributed by atoms with E-state index in [-0.39, 0.29) is 11.2 Å². The molecule has 1 saturated heterocycles. The molecular formula is C12H25NO2. The van der Waals surface area contributed by atoms with E-state index in [9.17, 15) is 0 Å². The van der Waals surface area contributed by atoms with Gasteiger partial charge >= 0.3 is 0 Å². The molecule has 15 heavy (non-hydrogen) atoms. The van der Waals surface area contributed by atoms with Gasteiger partial charge in [0.2, 0.25) is 0 Å². The maximum Gasteiger partial charge on any atom is 0.104 e. The Labute approximate surface area is 93.5 Å². The Morgan fingerprint density at radius 2 is 1.60 bits per heavy atom. The summed E-state index contributed by atoms with van der Waals surface area (Å²) in [6.45, 7) is 9.11. The normalized spacial score (nSPS) is 30.4. The second-order valence-electron chi connectivity index (χ2n) is 4.57. The summed E-state index contributed by atoms with van der Waals surface area (Å²) in [7, 11) is 1.74. The van der Waals surface area contributed by atoms with E-state index >= 15 is 0 Å². The van der Waals surface area contributed by atoms with Crippen molar-refractivity contribution in [3.05, 3.63) is 0 Å². The summed E-state index contributed by atoms with van der Waals surface area (Å²) in [6, 6.07) is 0. The third-order valence-corrected chi connectivity index (χ3v) is 3.67. The topological polar surface area (TPSA) is 30.5 Å². The lowest BCUT2D eigenvalue weighted by molar-refractivity contribution is -0.201. The summed E-state index contributed by atoms with van der Waals surface area (Å²) in [6.07, 6.45) is 3.11. The molecule has 1 rings (SSSR count). The van der Waals surface area contributed by atoms with Crippen molar-refractivity contribution in [1.29, 1.82) is 0 Å². The largest absolute Gasteiger partial charge is 0.382 e. The zero-order valence-electron chi connectivity index (χ0n) is 10.6. The van der Waals surface area contributed by atoms with E-state index in [1.807, 2.05) is 0 Å². The Hall–Kier alpha value is -0.120. The molecule has 90 valence electrons. The number of hydrogen-bond donors (Lipinski definition) is 1. The van der Waals surface area contributed by atoms with Crippen molar-refractivity contribution in [2.45, 2.75) is 51.2 Å². The van der Waals surface area contributed by atoms with E-state index in [1.165, 1.54) is 0 Å². The van der Waals surface area contributed by atoms with Crippen LogP contribution < -0.4 is 5.32 Å². The third kappa shape index (κ3) is 2.71. The second kappa shape index (κ2) is 5.28. The third-order valence-electron chi connectivity index (χ3n) is 3.67. The van der Waals surface area contributed by atoms with Gasteiger partial charge in [0, 0.05) is 20.2 Å². The van der Waals surface area contributed by atoms with Crippen LogP contribution in [0.5, 0.6) is 0 Å². The standard InChI is InChI=1S/C12H25NO2/c1-5-11(6-2)8-13-9-12(7-3,15-11)10-14-4/h13H,5-10H2,1-4H3. The van der Waals surface area contributed by atoms with Gasteiger partial charge in [-0.25, -0.2) is 0 Å². The average molecular weight is 215 g/mol. The van der Waals surface area contributed by atoms with Crippen molar-refractivity contribution >= 4 is 0 Å². The summed E-state index contributed by atoms with van der Waals surface area (Å²) in [4.78, 5) is 0. The molecule has 0 aromatic rings. The number of hydrogen-bond acceptors (Lipinski definition) is 3. The number of nitrogens with one attached hydrogen (secondary N) is 1. The molecule has 1 unspecified atom stereocenters. The van der Waals surface area contributed by atoms with Crippen molar-refractivity contribution < 1.29 is 9.47 Å². The first kappa shape index (κ1) is 12.9. The fourth-order valence-corrected chi connectivity index (χ4v) is 2.34. The SMILES string of the molecule is CCC1(CC)CNCC(CC)(COC)O1. The predicted octanol–water partition coefficient (Wildman–Crippen LogP) is 1.96. The van der Waals surface area contributed by atoms with Gasteiger partial charge in [-0.1, -0.05) is 20.8 Å². The Balaban J connectivity index is 2.75. The maximum atomic E-state index is 6.36. The van der Waals surface area contributed by atoms with Crippen LogP contribution in [0.4, 0.5) is 0 Å². The van der Waals surface area contributed by atoms with Gasteiger partial charge in [0.05, 0.1) is 12.2 Å². The fourth-order valence-electron chi connectivity index (χ4n) is 2.34. The molecule has 3 nitrogen and oxygen atoms in total. The Morgan fingerprint density at radius 1 is 1.07 bits per heavy atom. The molecule has 1 fully saturated rings. The molecule has 3 heteroatoms. The molecule has 0 spiro atoms. The van der Waals surface area contributed by atoms with E-state index in [2.05, 4.69) is 26.1 Å². The molecule has 0 aromatic carbocycles. The summed E-state index contributed by atoms with van der Waals surface area (Å²) < 4.78 is 11.7. The van der Waals surface area contributed by atoms with E-state index in [0.717, 1.165) is 32.4 Å². The zero-order valence-corrected chi connectivity index (χ0v) is 10.6. The van der Waals surface area contributed by atoms with E-state index in [4.69, 9.17) is 9.47 Å². The van der Waals surface area contributed by atoms with Crippen LogP contribution in [0.15, 0.2) is 0 Å². The molecule has 0 amide bonds. The van der Waals surface area contributed by atoms with Gasteiger partial charge in [-0.05, 0) is 19.3 Å². The lowest BCUT2D eigenvalue weighted by atomic mass is 9.90. The van der Waals surface area contributed by atoms with Gasteiger partial charge in [-0.3, -0.25) is 0 Å². The minimum absolute atomic E-state index is 0.00674. The highest BCUT2D eigenvalue weighted by Gasteiger charge is 2.42. The van der Waals surface area contributed by atoms with Crippen LogP contribution in [0.3, 0.4) is 0 Å². The number of morpholine rings is 1. The van der Waals surface area contributed by atoms with Crippen LogP contribution in [0.2, 0.25) is 0 Å². The molecule has 0 aliphatic carbocycles. The first-order chi connectivity index (χ1) is 7.16. The van der Waals surface area contributed by atoms with Crippen molar-refractivity contribution in [3.63, 3.8) is 0 Å². The van der Waals surface area contributed by atoms with Crippen molar-refractivity contribution in [1.82, 2.24) is 5.32 Å². The molecule has 1 atom stereocenters. The predicted molar refractivity (Wildman–Crippen MR) is 62.2 cm³/mol. The molecule has 1 aliphatic heterocycles. The minimum Gasteiger partial charge on any atom is -0.382 e. The zero-order chi connectivity index (χ0) is 11.4. The molecule has 0 saturated carbocycles. The highest BCUT2D eigenvalue weighted by Crippen LogP contribution is 2.32. The Kier molecular flexibility index (Phi) is 4.56. The summed E-state index contributed by atoms with van der Waals surface area (Å²) in [5, 5.41) is 3.50. The van der Waals surface area contributed by atoms with Gasteiger partial charge < -0.3 is 14.8 Å². The first-order valence-electron chi connectivity index (χ1n) is 6.05. The summed E-state index contributed by atoms with van der Waals surface area (Å²) in [5.41, 5.74) is -0.119. The van der Waals surface area contributed by atoms with Crippen LogP contribution in [0.1, 0.15) is 40.0 Å². The number of rotatable bonds is 5. The van der Waals surface area contributed by atoms with Crippen molar-refractivity contribution in [2.24, 2.45) is 0 Å². The van der Waals surface area contributed by atoms with Gasteiger partial charge in [0.1, 0.15) is 5.60 Å².